The number of carbonyl (C=O) groups excluding carboxylic acids is 1. The van der Waals surface area contributed by atoms with E-state index in [-0.39, 0.29) is 11.8 Å². The highest BCUT2D eigenvalue weighted by molar-refractivity contribution is 5.75. The number of halogens is 3. The zero-order valence-electron chi connectivity index (χ0n) is 14.5. The fourth-order valence-electron chi connectivity index (χ4n) is 3.70. The van der Waals surface area contributed by atoms with Crippen molar-refractivity contribution in [2.24, 2.45) is 5.92 Å². The number of urea groups is 1. The number of alkyl halides is 3. The minimum absolute atomic E-state index is 0.0519. The third kappa shape index (κ3) is 3.17. The highest BCUT2D eigenvalue weighted by Crippen LogP contribution is 2.35. The summed E-state index contributed by atoms with van der Waals surface area (Å²) < 4.78 is 39.0. The monoisotopic (exact) mass is 381 g/mol. The highest BCUT2D eigenvalue weighted by Gasteiger charge is 2.38. The van der Waals surface area contributed by atoms with Crippen molar-refractivity contribution in [1.82, 2.24) is 34.6 Å². The van der Waals surface area contributed by atoms with Crippen LogP contribution in [0.15, 0.2) is 18.7 Å². The van der Waals surface area contributed by atoms with Crippen molar-refractivity contribution in [2.45, 2.75) is 25.4 Å². The van der Waals surface area contributed by atoms with Gasteiger partial charge in [0.2, 0.25) is 0 Å². The van der Waals surface area contributed by atoms with E-state index in [0.717, 1.165) is 12.1 Å². The lowest BCUT2D eigenvalue weighted by atomic mass is 9.91. The zero-order chi connectivity index (χ0) is 19.2. The van der Waals surface area contributed by atoms with E-state index < -0.39 is 18.8 Å². The summed E-state index contributed by atoms with van der Waals surface area (Å²) in [4.78, 5) is 29.5. The molecule has 27 heavy (non-hydrogen) atoms. The second kappa shape index (κ2) is 6.39. The number of hydrogen-bond donors (Lipinski definition) is 2. The van der Waals surface area contributed by atoms with Gasteiger partial charge in [-0.3, -0.25) is 4.40 Å². The predicted octanol–water partition coefficient (Wildman–Crippen LogP) is 2.30. The molecule has 2 atom stereocenters. The van der Waals surface area contributed by atoms with Crippen molar-refractivity contribution in [3.63, 3.8) is 0 Å². The van der Waals surface area contributed by atoms with Crippen LogP contribution in [0.4, 0.5) is 18.0 Å². The molecule has 11 heteroatoms. The molecule has 0 bridgehead atoms. The van der Waals surface area contributed by atoms with E-state index in [9.17, 15) is 18.0 Å². The van der Waals surface area contributed by atoms with E-state index in [0.29, 0.717) is 30.0 Å². The lowest BCUT2D eigenvalue weighted by Gasteiger charge is -2.18. The van der Waals surface area contributed by atoms with Gasteiger partial charge in [0.05, 0.1) is 12.5 Å². The minimum Gasteiger partial charge on any atom is -0.329 e. The van der Waals surface area contributed by atoms with Gasteiger partial charge < -0.3 is 15.2 Å². The molecule has 3 aromatic rings. The lowest BCUT2D eigenvalue weighted by Crippen LogP contribution is -2.42. The van der Waals surface area contributed by atoms with Gasteiger partial charge in [-0.1, -0.05) is 13.3 Å². The van der Waals surface area contributed by atoms with E-state index in [1.54, 1.807) is 18.7 Å². The third-order valence-corrected chi connectivity index (χ3v) is 5.01. The van der Waals surface area contributed by atoms with Crippen molar-refractivity contribution in [1.29, 1.82) is 0 Å². The summed E-state index contributed by atoms with van der Waals surface area (Å²) in [6.45, 7) is 1.39. The first-order valence-electron chi connectivity index (χ1n) is 8.62. The van der Waals surface area contributed by atoms with Crippen LogP contribution >= 0.6 is 0 Å². The normalized spacial score (nSPS) is 20.7. The highest BCUT2D eigenvalue weighted by atomic mass is 19.4. The second-order valence-electron chi connectivity index (χ2n) is 6.66. The van der Waals surface area contributed by atoms with E-state index >= 15 is 0 Å². The Bertz CT molecular complexity index is 979. The Hall–Kier alpha value is -2.85. The van der Waals surface area contributed by atoms with Crippen molar-refractivity contribution < 1.29 is 18.0 Å². The number of rotatable bonds is 3. The van der Waals surface area contributed by atoms with Gasteiger partial charge >= 0.3 is 12.2 Å². The summed E-state index contributed by atoms with van der Waals surface area (Å²) in [7, 11) is 0. The molecule has 0 aromatic carbocycles. The van der Waals surface area contributed by atoms with Crippen LogP contribution in [0.3, 0.4) is 0 Å². The van der Waals surface area contributed by atoms with E-state index in [1.165, 1.54) is 4.90 Å². The summed E-state index contributed by atoms with van der Waals surface area (Å²) in [5, 5.41) is 1.95. The van der Waals surface area contributed by atoms with Crippen LogP contribution in [0.5, 0.6) is 0 Å². The SMILES string of the molecule is CCC1CN(C(=O)NCC(F)(F)F)C[C@H]1c1cnc2cnc3[nH]cnc3n12. The van der Waals surface area contributed by atoms with Crippen LogP contribution < -0.4 is 5.32 Å². The molecule has 1 aliphatic rings. The zero-order valence-corrected chi connectivity index (χ0v) is 14.5. The number of H-pyrrole nitrogens is 1. The molecule has 0 spiro atoms. The van der Waals surface area contributed by atoms with Crippen molar-refractivity contribution in [3.8, 4) is 0 Å². The van der Waals surface area contributed by atoms with E-state index in [1.807, 2.05) is 16.6 Å². The summed E-state index contributed by atoms with van der Waals surface area (Å²) in [6.07, 6.45) is 1.27. The molecule has 8 nitrogen and oxygen atoms in total. The maximum atomic E-state index is 12.4. The van der Waals surface area contributed by atoms with Crippen LogP contribution in [-0.4, -0.2) is 61.1 Å². The number of fused-ring (bicyclic) bond motifs is 3. The summed E-state index contributed by atoms with van der Waals surface area (Å²) >= 11 is 0. The molecule has 0 radical (unpaired) electrons. The molecule has 1 fully saturated rings. The number of likely N-dealkylation sites (tertiary alicyclic amines) is 1. The number of imidazole rings is 2. The Balaban J connectivity index is 1.63. The maximum absolute atomic E-state index is 12.4. The third-order valence-electron chi connectivity index (χ3n) is 5.01. The second-order valence-corrected chi connectivity index (χ2v) is 6.66. The smallest absolute Gasteiger partial charge is 0.329 e. The number of aromatic nitrogens is 5. The van der Waals surface area contributed by atoms with E-state index in [2.05, 4.69) is 19.9 Å². The number of nitrogens with one attached hydrogen (secondary N) is 2. The quantitative estimate of drug-likeness (QED) is 0.728. The van der Waals surface area contributed by atoms with Crippen molar-refractivity contribution in [2.75, 3.05) is 19.6 Å². The fraction of sp³-hybridized carbons (Fsp3) is 0.500. The first-order valence-corrected chi connectivity index (χ1v) is 8.62. The molecule has 0 aliphatic carbocycles. The standard InChI is InChI=1S/C16H18F3N7O/c1-2-9-5-25(15(27)22-7-16(17,18)19)6-10(9)11-3-20-12-4-21-13-14(26(11)12)24-8-23-13/h3-4,8-10H,2,5-7H2,1H3,(H,22,27)(H,23,24)/t9?,10-/m1/s1. The van der Waals surface area contributed by atoms with Crippen LogP contribution in [0.25, 0.3) is 16.9 Å². The van der Waals surface area contributed by atoms with Crippen molar-refractivity contribution >= 4 is 23.0 Å². The molecule has 2 amide bonds. The van der Waals surface area contributed by atoms with Gasteiger partial charge in [-0.05, 0) is 5.92 Å². The van der Waals surface area contributed by atoms with Crippen LogP contribution in [0.2, 0.25) is 0 Å². The van der Waals surface area contributed by atoms with Crippen LogP contribution in [0.1, 0.15) is 25.0 Å². The molecular formula is C16H18F3N7O. The minimum atomic E-state index is -4.43. The largest absolute Gasteiger partial charge is 0.405 e. The topological polar surface area (TPSA) is 91.2 Å². The fourth-order valence-corrected chi connectivity index (χ4v) is 3.70. The van der Waals surface area contributed by atoms with Gasteiger partial charge in [-0.2, -0.15) is 13.2 Å². The Morgan fingerprint density at radius 3 is 2.85 bits per heavy atom. The molecule has 3 aromatic heterocycles. The average Bonchev–Trinajstić information content (AvgIpc) is 3.33. The first-order chi connectivity index (χ1) is 12.9. The number of carbonyl (C=O) groups is 1. The number of amides is 2. The molecule has 2 N–H and O–H groups in total. The Morgan fingerprint density at radius 2 is 2.11 bits per heavy atom. The average molecular weight is 381 g/mol. The summed E-state index contributed by atoms with van der Waals surface area (Å²) in [5.74, 6) is 0.0626. The molecule has 1 saturated heterocycles. The van der Waals surface area contributed by atoms with Gasteiger partial charge in [-0.15, -0.1) is 0 Å². The first kappa shape index (κ1) is 17.6. The Morgan fingerprint density at radius 1 is 1.30 bits per heavy atom. The Labute approximate surface area is 151 Å². The van der Waals surface area contributed by atoms with Crippen molar-refractivity contribution in [3.05, 3.63) is 24.4 Å². The molecule has 1 aliphatic heterocycles. The molecule has 4 rings (SSSR count). The van der Waals surface area contributed by atoms with Crippen LogP contribution in [-0.2, 0) is 0 Å². The van der Waals surface area contributed by atoms with Crippen LogP contribution in [0, 0.1) is 5.92 Å². The number of hydrogen-bond acceptors (Lipinski definition) is 4. The van der Waals surface area contributed by atoms with Gasteiger partial charge in [-0.25, -0.2) is 19.7 Å². The number of aromatic amines is 1. The van der Waals surface area contributed by atoms with Gasteiger partial charge in [0.15, 0.2) is 16.9 Å². The molecule has 4 heterocycles. The predicted molar refractivity (Wildman–Crippen MR) is 90.2 cm³/mol. The van der Waals surface area contributed by atoms with Gasteiger partial charge in [0.25, 0.3) is 0 Å². The van der Waals surface area contributed by atoms with Gasteiger partial charge in [0, 0.05) is 30.9 Å². The molecular weight excluding hydrogens is 363 g/mol. The summed E-state index contributed by atoms with van der Waals surface area (Å²) in [5.41, 5.74) is 2.77. The maximum Gasteiger partial charge on any atom is 0.405 e. The van der Waals surface area contributed by atoms with Gasteiger partial charge in [0.1, 0.15) is 6.54 Å². The lowest BCUT2D eigenvalue weighted by molar-refractivity contribution is -0.123. The molecule has 0 saturated carbocycles. The summed E-state index contributed by atoms with van der Waals surface area (Å²) in [6, 6.07) is -0.700. The molecule has 1 unspecified atom stereocenters. The van der Waals surface area contributed by atoms with E-state index in [4.69, 9.17) is 0 Å². The number of nitrogens with zero attached hydrogens (tertiary/aromatic N) is 5. The Kier molecular flexibility index (Phi) is 4.16. The molecule has 144 valence electrons.